The molecule has 3 nitrogen and oxygen atoms in total. The van der Waals surface area contributed by atoms with Gasteiger partial charge in [-0.05, 0) is 30.5 Å². The molecule has 0 fully saturated rings. The van der Waals surface area contributed by atoms with E-state index in [0.29, 0.717) is 12.1 Å². The maximum absolute atomic E-state index is 12.0. The van der Waals surface area contributed by atoms with Crippen LogP contribution in [0.5, 0.6) is 0 Å². The van der Waals surface area contributed by atoms with E-state index in [0.717, 1.165) is 16.7 Å². The third kappa shape index (κ3) is 3.45. The van der Waals surface area contributed by atoms with Gasteiger partial charge in [-0.2, -0.15) is 0 Å². The lowest BCUT2D eigenvalue weighted by Gasteiger charge is -2.14. The van der Waals surface area contributed by atoms with Gasteiger partial charge in [0.05, 0.1) is 0 Å². The van der Waals surface area contributed by atoms with Crippen LogP contribution < -0.4 is 5.32 Å². The second-order valence-electron chi connectivity index (χ2n) is 4.97. The van der Waals surface area contributed by atoms with Gasteiger partial charge in [0.1, 0.15) is 0 Å². The first-order valence-electron chi connectivity index (χ1n) is 6.65. The molecule has 1 atom stereocenters. The molecule has 0 aliphatic heterocycles. The number of hydrogen-bond donors (Lipinski definition) is 2. The quantitative estimate of drug-likeness (QED) is 0.896. The Hall–Kier alpha value is -2.13. The van der Waals surface area contributed by atoms with Crippen LogP contribution in [0, 0.1) is 13.8 Å². The highest BCUT2D eigenvalue weighted by Gasteiger charge is 2.18. The maximum atomic E-state index is 12.0. The van der Waals surface area contributed by atoms with Gasteiger partial charge < -0.3 is 10.4 Å². The van der Waals surface area contributed by atoms with Crippen molar-refractivity contribution in [3.05, 3.63) is 70.8 Å². The minimum atomic E-state index is -1.13. The van der Waals surface area contributed by atoms with Crippen molar-refractivity contribution in [3.8, 4) is 0 Å². The van der Waals surface area contributed by atoms with Gasteiger partial charge in [0.25, 0.3) is 5.91 Å². The molecule has 104 valence electrons. The van der Waals surface area contributed by atoms with Crippen molar-refractivity contribution >= 4 is 5.91 Å². The molecule has 1 unspecified atom stereocenters. The highest BCUT2D eigenvalue weighted by molar-refractivity contribution is 5.82. The maximum Gasteiger partial charge on any atom is 0.253 e. The lowest BCUT2D eigenvalue weighted by atomic mass is 10.0. The summed E-state index contributed by atoms with van der Waals surface area (Å²) in [5.41, 5.74) is 3.70. The molecule has 0 aliphatic carbocycles. The predicted molar refractivity (Wildman–Crippen MR) is 79.2 cm³/mol. The molecule has 3 heteroatoms. The number of rotatable bonds is 4. The summed E-state index contributed by atoms with van der Waals surface area (Å²) in [6.07, 6.45) is -1.13. The average molecular weight is 269 g/mol. The van der Waals surface area contributed by atoms with Crippen molar-refractivity contribution in [2.75, 3.05) is 0 Å². The van der Waals surface area contributed by atoms with E-state index in [1.54, 1.807) is 6.07 Å². The minimum absolute atomic E-state index is 0.374. The van der Waals surface area contributed by atoms with Crippen molar-refractivity contribution in [1.29, 1.82) is 0 Å². The molecule has 0 saturated heterocycles. The van der Waals surface area contributed by atoms with E-state index >= 15 is 0 Å². The zero-order valence-electron chi connectivity index (χ0n) is 11.8. The number of benzene rings is 2. The van der Waals surface area contributed by atoms with E-state index in [1.807, 2.05) is 56.3 Å². The first-order chi connectivity index (χ1) is 9.58. The summed E-state index contributed by atoms with van der Waals surface area (Å²) in [6, 6.07) is 15.3. The number of carbonyl (C=O) groups excluding carboxylic acids is 1. The van der Waals surface area contributed by atoms with Crippen molar-refractivity contribution in [1.82, 2.24) is 5.32 Å². The number of aryl methyl sites for hydroxylation is 2. The Morgan fingerprint density at radius 2 is 1.85 bits per heavy atom. The largest absolute Gasteiger partial charge is 0.378 e. The summed E-state index contributed by atoms with van der Waals surface area (Å²) < 4.78 is 0. The third-order valence-electron chi connectivity index (χ3n) is 3.28. The first-order valence-corrected chi connectivity index (χ1v) is 6.65. The van der Waals surface area contributed by atoms with Crippen LogP contribution in [0.2, 0.25) is 0 Å². The van der Waals surface area contributed by atoms with E-state index in [1.165, 1.54) is 0 Å². The predicted octanol–water partition coefficient (Wildman–Crippen LogP) is 2.65. The van der Waals surface area contributed by atoms with E-state index in [4.69, 9.17) is 0 Å². The summed E-state index contributed by atoms with van der Waals surface area (Å²) in [4.78, 5) is 12.0. The second-order valence-corrected chi connectivity index (χ2v) is 4.97. The summed E-state index contributed by atoms with van der Waals surface area (Å²) in [5, 5.41) is 12.9. The van der Waals surface area contributed by atoms with Crippen molar-refractivity contribution in [2.24, 2.45) is 0 Å². The fraction of sp³-hybridized carbons (Fsp3) is 0.235. The smallest absolute Gasteiger partial charge is 0.253 e. The molecule has 2 aromatic rings. The van der Waals surface area contributed by atoms with Crippen LogP contribution in [0.25, 0.3) is 0 Å². The highest BCUT2D eigenvalue weighted by Crippen LogP contribution is 2.19. The van der Waals surface area contributed by atoms with E-state index in [-0.39, 0.29) is 5.91 Å². The number of amides is 1. The van der Waals surface area contributed by atoms with Crippen molar-refractivity contribution in [2.45, 2.75) is 26.5 Å². The minimum Gasteiger partial charge on any atom is -0.378 e. The average Bonchev–Trinajstić information content (AvgIpc) is 2.45. The fourth-order valence-electron chi connectivity index (χ4n) is 2.16. The van der Waals surface area contributed by atoms with Gasteiger partial charge >= 0.3 is 0 Å². The van der Waals surface area contributed by atoms with Gasteiger partial charge in [-0.25, -0.2) is 0 Å². The lowest BCUT2D eigenvalue weighted by molar-refractivity contribution is -0.129. The van der Waals surface area contributed by atoms with Crippen LogP contribution in [-0.2, 0) is 11.3 Å². The van der Waals surface area contributed by atoms with E-state index in [2.05, 4.69) is 5.32 Å². The molecule has 1 amide bonds. The van der Waals surface area contributed by atoms with Gasteiger partial charge in [0.2, 0.25) is 0 Å². The molecule has 0 aromatic heterocycles. The molecular weight excluding hydrogens is 250 g/mol. The summed E-state index contributed by atoms with van der Waals surface area (Å²) in [5.74, 6) is -0.374. The van der Waals surface area contributed by atoms with Gasteiger partial charge in [-0.1, -0.05) is 54.1 Å². The Kier molecular flexibility index (Phi) is 4.53. The lowest BCUT2D eigenvalue weighted by Crippen LogP contribution is -2.29. The Balaban J connectivity index is 2.01. The molecular formula is C17H19NO2. The van der Waals surface area contributed by atoms with Gasteiger partial charge in [-0.3, -0.25) is 4.79 Å². The van der Waals surface area contributed by atoms with E-state index in [9.17, 15) is 9.90 Å². The number of aliphatic hydroxyl groups is 1. The molecule has 0 aliphatic rings. The zero-order valence-corrected chi connectivity index (χ0v) is 11.8. The summed E-state index contributed by atoms with van der Waals surface area (Å²) in [6.45, 7) is 4.30. The number of hydrogen-bond acceptors (Lipinski definition) is 2. The van der Waals surface area contributed by atoms with Crippen LogP contribution in [0.4, 0.5) is 0 Å². The van der Waals surface area contributed by atoms with Crippen molar-refractivity contribution in [3.63, 3.8) is 0 Å². The van der Waals surface area contributed by atoms with Crippen LogP contribution in [0.15, 0.2) is 48.5 Å². The Bertz CT molecular complexity index is 593. The molecule has 2 aromatic carbocycles. The third-order valence-corrected chi connectivity index (χ3v) is 3.28. The van der Waals surface area contributed by atoms with Crippen LogP contribution in [-0.4, -0.2) is 11.0 Å². The molecule has 20 heavy (non-hydrogen) atoms. The molecule has 0 radical (unpaired) electrons. The molecule has 0 spiro atoms. The molecule has 0 bridgehead atoms. The number of aliphatic hydroxyl groups excluding tert-OH is 1. The van der Waals surface area contributed by atoms with Crippen molar-refractivity contribution < 1.29 is 9.90 Å². The zero-order chi connectivity index (χ0) is 14.5. The molecule has 2 rings (SSSR count). The Labute approximate surface area is 119 Å². The first kappa shape index (κ1) is 14.3. The SMILES string of the molecule is Cc1ccc(C(O)C(=O)NCc2ccccc2)c(C)c1. The fourth-order valence-corrected chi connectivity index (χ4v) is 2.16. The van der Waals surface area contributed by atoms with Crippen LogP contribution in [0.1, 0.15) is 28.4 Å². The molecule has 2 N–H and O–H groups in total. The summed E-state index contributed by atoms with van der Waals surface area (Å²) >= 11 is 0. The summed E-state index contributed by atoms with van der Waals surface area (Å²) in [7, 11) is 0. The van der Waals surface area contributed by atoms with E-state index < -0.39 is 6.10 Å². The van der Waals surface area contributed by atoms with Gasteiger partial charge in [0.15, 0.2) is 6.10 Å². The second kappa shape index (κ2) is 6.35. The van der Waals surface area contributed by atoms with Crippen LogP contribution in [0.3, 0.4) is 0 Å². The Morgan fingerprint density at radius 3 is 2.50 bits per heavy atom. The Morgan fingerprint density at radius 1 is 1.15 bits per heavy atom. The van der Waals surface area contributed by atoms with Gasteiger partial charge in [-0.15, -0.1) is 0 Å². The molecule has 0 heterocycles. The van der Waals surface area contributed by atoms with Crippen LogP contribution >= 0.6 is 0 Å². The topological polar surface area (TPSA) is 49.3 Å². The monoisotopic (exact) mass is 269 g/mol. The standard InChI is InChI=1S/C17H19NO2/c1-12-8-9-15(13(2)10-12)16(19)17(20)18-11-14-6-4-3-5-7-14/h3-10,16,19H,11H2,1-2H3,(H,18,20). The number of nitrogens with one attached hydrogen (secondary N) is 1. The van der Waals surface area contributed by atoms with Gasteiger partial charge in [0, 0.05) is 6.54 Å². The normalized spacial score (nSPS) is 11.9. The molecule has 0 saturated carbocycles. The highest BCUT2D eigenvalue weighted by atomic mass is 16.3. The number of carbonyl (C=O) groups is 1.